The van der Waals surface area contributed by atoms with Crippen LogP contribution in [-0.2, 0) is 35.2 Å². The fraction of sp³-hybridized carbons (Fsp3) is 0.314. The van der Waals surface area contributed by atoms with Crippen molar-refractivity contribution in [1.29, 1.82) is 0 Å². The molecule has 1 saturated carbocycles. The molecule has 0 radical (unpaired) electrons. The molecule has 1 saturated heterocycles. The molecule has 19 heteroatoms. The number of nitrogens with one attached hydrogen (secondary N) is 2. The van der Waals surface area contributed by atoms with Crippen LogP contribution in [0.5, 0.6) is 5.75 Å². The van der Waals surface area contributed by atoms with Gasteiger partial charge in [0.25, 0.3) is 20.2 Å². The number of ether oxygens (including phenoxy) is 1. The molecule has 2 fully saturated rings. The third kappa shape index (κ3) is 7.89. The van der Waals surface area contributed by atoms with Crippen LogP contribution in [0.2, 0.25) is 0 Å². The lowest BCUT2D eigenvalue weighted by Crippen LogP contribution is -2.54. The van der Waals surface area contributed by atoms with Gasteiger partial charge in [0.15, 0.2) is 0 Å². The number of benzene rings is 3. The van der Waals surface area contributed by atoms with Crippen molar-refractivity contribution in [3.05, 3.63) is 84.6 Å². The normalized spacial score (nSPS) is 19.6. The van der Waals surface area contributed by atoms with Crippen molar-refractivity contribution in [3.63, 3.8) is 0 Å². The van der Waals surface area contributed by atoms with Gasteiger partial charge in [-0.2, -0.15) is 21.9 Å². The minimum Gasteiger partial charge on any atom is -0.497 e. The van der Waals surface area contributed by atoms with Crippen molar-refractivity contribution in [2.75, 3.05) is 19.0 Å². The first-order valence-corrected chi connectivity index (χ1v) is 19.4. The second kappa shape index (κ2) is 14.6. The number of methoxy groups -OCH3 is 1. The Bertz CT molecular complexity index is 2360. The number of nitrogens with zero attached hydrogens (tertiary/aromatic N) is 3. The molecule has 0 spiro atoms. The molecule has 2 aromatic heterocycles. The number of hydrogen-bond donors (Lipinski definition) is 4. The molecule has 2 aliphatic rings. The molecule has 0 bridgehead atoms. The number of amides is 2. The van der Waals surface area contributed by atoms with Crippen molar-refractivity contribution >= 4 is 59.7 Å². The number of aromatic amines is 1. The van der Waals surface area contributed by atoms with E-state index in [2.05, 4.69) is 20.5 Å². The highest BCUT2D eigenvalue weighted by Crippen LogP contribution is 2.48. The van der Waals surface area contributed by atoms with Gasteiger partial charge in [0.1, 0.15) is 39.1 Å². The molecule has 5 aromatic rings. The first kappa shape index (κ1) is 38.6. The van der Waals surface area contributed by atoms with Crippen LogP contribution in [0.15, 0.2) is 88.8 Å². The molecule has 286 valence electrons. The van der Waals surface area contributed by atoms with Crippen LogP contribution in [0.1, 0.15) is 37.7 Å². The lowest BCUT2D eigenvalue weighted by atomic mass is 9.67. The second-order valence-corrected chi connectivity index (χ2v) is 15.8. The number of halogens is 3. The highest BCUT2D eigenvalue weighted by molar-refractivity contribution is 7.86. The average Bonchev–Trinajstić information content (AvgIpc) is 3.77. The van der Waals surface area contributed by atoms with Gasteiger partial charge >= 0.3 is 0 Å². The number of anilines is 1. The van der Waals surface area contributed by atoms with Crippen LogP contribution in [0.4, 0.5) is 19.0 Å². The maximum Gasteiger partial charge on any atom is 0.295 e. The Hall–Kier alpha value is -5.11. The summed E-state index contributed by atoms with van der Waals surface area (Å²) < 4.78 is 111. The van der Waals surface area contributed by atoms with E-state index in [1.165, 1.54) is 42.5 Å². The van der Waals surface area contributed by atoms with Crippen molar-refractivity contribution in [2.24, 2.45) is 0 Å². The van der Waals surface area contributed by atoms with Crippen molar-refractivity contribution < 1.29 is 53.4 Å². The van der Waals surface area contributed by atoms with Crippen LogP contribution in [-0.4, -0.2) is 89.6 Å². The van der Waals surface area contributed by atoms with Gasteiger partial charge in [-0.05, 0) is 54.8 Å². The summed E-state index contributed by atoms with van der Waals surface area (Å²) >= 11 is 0. The number of carbonyl (C=O) groups is 2. The van der Waals surface area contributed by atoms with Gasteiger partial charge in [0, 0.05) is 30.0 Å². The SMILES string of the molecule is COc1ccc(C2(C(=O)N3C[C@H](F)C[C@@H]3C(=O)Nc3ccc4[nH]ncc4n3)CCC(F)(F)CC2)cc1.O=S(=O)(O)c1cccc2c(S(=O)(=O)O)cccc12. The smallest absolute Gasteiger partial charge is 0.295 e. The van der Waals surface area contributed by atoms with E-state index in [4.69, 9.17) is 13.8 Å². The van der Waals surface area contributed by atoms with Crippen molar-refractivity contribution in [1.82, 2.24) is 20.1 Å². The number of aromatic nitrogens is 3. The third-order valence-corrected chi connectivity index (χ3v) is 11.5. The molecule has 1 aliphatic carbocycles. The maximum atomic E-state index is 14.6. The molecule has 54 heavy (non-hydrogen) atoms. The summed E-state index contributed by atoms with van der Waals surface area (Å²) in [6.45, 7) is -0.278. The van der Waals surface area contributed by atoms with Gasteiger partial charge in [-0.3, -0.25) is 23.8 Å². The van der Waals surface area contributed by atoms with Gasteiger partial charge in [0.2, 0.25) is 17.7 Å². The van der Waals surface area contributed by atoms with E-state index in [1.807, 2.05) is 0 Å². The molecule has 3 aromatic carbocycles. The zero-order chi connectivity index (χ0) is 39.1. The van der Waals surface area contributed by atoms with Crippen LogP contribution in [0.3, 0.4) is 0 Å². The second-order valence-electron chi connectivity index (χ2n) is 13.0. The lowest BCUT2D eigenvalue weighted by molar-refractivity contribution is -0.146. The molecule has 1 aliphatic heterocycles. The molecule has 14 nitrogen and oxygen atoms in total. The van der Waals surface area contributed by atoms with Crippen molar-refractivity contribution in [2.45, 2.75) is 65.4 Å². The minimum absolute atomic E-state index is 0.0233. The largest absolute Gasteiger partial charge is 0.497 e. The first-order valence-electron chi connectivity index (χ1n) is 16.5. The Morgan fingerprint density at radius 2 is 1.48 bits per heavy atom. The summed E-state index contributed by atoms with van der Waals surface area (Å²) in [6.07, 6.45) is -1.23. The van der Waals surface area contributed by atoms with E-state index in [-0.39, 0.29) is 42.4 Å². The number of fused-ring (bicyclic) bond motifs is 2. The maximum absolute atomic E-state index is 14.6. The Morgan fingerprint density at radius 3 is 2.04 bits per heavy atom. The van der Waals surface area contributed by atoms with Crippen molar-refractivity contribution in [3.8, 4) is 5.75 Å². The fourth-order valence-corrected chi connectivity index (χ4v) is 8.34. The third-order valence-electron chi connectivity index (χ3n) is 9.65. The summed E-state index contributed by atoms with van der Waals surface area (Å²) in [4.78, 5) is 31.9. The highest BCUT2D eigenvalue weighted by atomic mass is 32.2. The van der Waals surface area contributed by atoms with E-state index in [0.29, 0.717) is 22.3 Å². The average molecular weight is 790 g/mol. The van der Waals surface area contributed by atoms with Crippen LogP contribution in [0.25, 0.3) is 21.8 Å². The van der Waals surface area contributed by atoms with Crippen LogP contribution >= 0.6 is 0 Å². The monoisotopic (exact) mass is 789 g/mol. The van der Waals surface area contributed by atoms with Gasteiger partial charge in [-0.1, -0.05) is 36.4 Å². The molecular formula is C35H34F3N5O9S2. The summed E-state index contributed by atoms with van der Waals surface area (Å²) in [5.41, 5.74) is 0.490. The number of pyridine rings is 1. The molecule has 2 atom stereocenters. The van der Waals surface area contributed by atoms with E-state index in [9.17, 15) is 39.6 Å². The minimum atomic E-state index is -4.47. The van der Waals surface area contributed by atoms with E-state index >= 15 is 0 Å². The topological polar surface area (TPSA) is 209 Å². The molecular weight excluding hydrogens is 756 g/mol. The molecule has 4 N–H and O–H groups in total. The highest BCUT2D eigenvalue weighted by Gasteiger charge is 2.53. The summed E-state index contributed by atoms with van der Waals surface area (Å²) in [6, 6.07) is 16.4. The number of hydrogen-bond acceptors (Lipinski definition) is 9. The van der Waals surface area contributed by atoms with E-state index in [0.717, 1.165) is 12.1 Å². The number of likely N-dealkylation sites (tertiary alicyclic amines) is 1. The van der Waals surface area contributed by atoms with Crippen LogP contribution in [0, 0.1) is 0 Å². The zero-order valence-corrected chi connectivity index (χ0v) is 30.1. The number of rotatable bonds is 7. The van der Waals surface area contributed by atoms with Gasteiger partial charge in [-0.25, -0.2) is 18.2 Å². The molecule has 7 rings (SSSR count). The summed E-state index contributed by atoms with van der Waals surface area (Å²) in [5.74, 6) is -3.16. The van der Waals surface area contributed by atoms with Gasteiger partial charge in [0.05, 0.1) is 30.8 Å². The Labute approximate surface area is 307 Å². The van der Waals surface area contributed by atoms with Gasteiger partial charge < -0.3 is 15.0 Å². The Morgan fingerprint density at radius 1 is 0.889 bits per heavy atom. The molecule has 2 amide bonds. The molecule has 3 heterocycles. The number of alkyl halides is 3. The lowest BCUT2D eigenvalue weighted by Gasteiger charge is -2.42. The summed E-state index contributed by atoms with van der Waals surface area (Å²) in [7, 11) is -7.43. The number of carbonyl (C=O) groups excluding carboxylic acids is 2. The van der Waals surface area contributed by atoms with E-state index < -0.39 is 78.2 Å². The first-order chi connectivity index (χ1) is 25.4. The predicted octanol–water partition coefficient (Wildman–Crippen LogP) is 5.32. The fourth-order valence-electron chi connectivity index (χ4n) is 6.92. The number of H-pyrrole nitrogens is 1. The standard InChI is InChI=1S/C25H26F3N5O3.C10H8O6S2/c1-36-17-4-2-15(3-5-17)24(8-10-25(27,28)11-9-24)23(35)33-14-16(26)12-20(33)22(34)31-21-7-6-18-19(30-21)13-29-32-18;11-17(12,13)9-5-1-3-7-8(9)4-2-6-10(7)18(14,15)16/h2-7,13,16,20H,8-12,14H2,1H3,(H,29,32)(H,30,31,34);1-6H,(H,11,12,13)(H,14,15,16)/t16-,20-;/m1./s1. The predicted molar refractivity (Wildman–Crippen MR) is 189 cm³/mol. The van der Waals surface area contributed by atoms with Crippen LogP contribution < -0.4 is 10.1 Å². The Balaban J connectivity index is 0.000000232. The van der Waals surface area contributed by atoms with Gasteiger partial charge in [-0.15, -0.1) is 0 Å². The summed E-state index contributed by atoms with van der Waals surface area (Å²) in [5, 5.41) is 9.36. The van der Waals surface area contributed by atoms with E-state index in [1.54, 1.807) is 36.4 Å². The molecule has 0 unspecified atom stereocenters. The quantitative estimate of drug-likeness (QED) is 0.155. The zero-order valence-electron chi connectivity index (χ0n) is 28.4. The Kier molecular flexibility index (Phi) is 10.4.